The molecule has 0 aliphatic rings. The van der Waals surface area contributed by atoms with Gasteiger partial charge in [-0.1, -0.05) is 24.3 Å². The number of hydrogen-bond donors (Lipinski definition) is 0. The molecule has 0 aliphatic heterocycles. The van der Waals surface area contributed by atoms with Crippen molar-refractivity contribution >= 4 is 6.08 Å². The van der Waals surface area contributed by atoms with E-state index in [0.29, 0.717) is 16.7 Å². The smallest absolute Gasteiger partial charge is 0.130 e. The van der Waals surface area contributed by atoms with Crippen LogP contribution in [0.1, 0.15) is 5.56 Å². The van der Waals surface area contributed by atoms with Crippen LogP contribution in [0.2, 0.25) is 0 Å². The molecule has 0 spiro atoms. The van der Waals surface area contributed by atoms with E-state index in [4.69, 9.17) is 10.5 Å². The molecule has 0 atom stereocenters. The zero-order chi connectivity index (χ0) is 14.5. The molecule has 96 valence electrons. The first kappa shape index (κ1) is 13.5. The summed E-state index contributed by atoms with van der Waals surface area (Å²) in [6, 6.07) is 13.5. The summed E-state index contributed by atoms with van der Waals surface area (Å²) in [4.78, 5) is 0. The second-order valence-corrected chi connectivity index (χ2v) is 4.06. The van der Waals surface area contributed by atoms with Crippen LogP contribution in [-0.2, 0) is 0 Å². The van der Waals surface area contributed by atoms with E-state index in [2.05, 4.69) is 0 Å². The Labute approximate surface area is 114 Å². The predicted octanol–water partition coefficient (Wildman–Crippen LogP) is 4.06. The van der Waals surface area contributed by atoms with Crippen LogP contribution in [0.4, 0.5) is 8.78 Å². The molecule has 0 saturated heterocycles. The highest BCUT2D eigenvalue weighted by atomic mass is 19.1. The monoisotopic (exact) mass is 266 g/mol. The first-order chi connectivity index (χ1) is 9.62. The van der Waals surface area contributed by atoms with E-state index >= 15 is 0 Å². The minimum absolute atomic E-state index is 0.00505. The molecule has 2 nitrogen and oxygen atoms in total. The van der Waals surface area contributed by atoms with Gasteiger partial charge in [0.15, 0.2) is 0 Å². The summed E-state index contributed by atoms with van der Waals surface area (Å²) in [6.45, 7) is 0. The summed E-state index contributed by atoms with van der Waals surface area (Å²) in [5.74, 6) is -1.28. The van der Waals surface area contributed by atoms with Gasteiger partial charge in [-0.25, -0.2) is 8.78 Å². The molecule has 0 N–H and O–H groups in total. The normalized spacial score (nSPS) is 9.40. The summed E-state index contributed by atoms with van der Waals surface area (Å²) >= 11 is 0. The molecule has 0 bridgehead atoms. The molecule has 2 rings (SSSR count). The van der Waals surface area contributed by atoms with Crippen LogP contribution >= 0.6 is 0 Å². The van der Waals surface area contributed by atoms with Crippen molar-refractivity contribution in [1.29, 1.82) is 10.5 Å². The van der Waals surface area contributed by atoms with Gasteiger partial charge in [-0.15, -0.1) is 0 Å². The van der Waals surface area contributed by atoms with E-state index < -0.39 is 11.6 Å². The number of nitrogens with zero attached hydrogens (tertiary/aromatic N) is 2. The number of nitriles is 2. The summed E-state index contributed by atoms with van der Waals surface area (Å²) in [5.41, 5.74) is 1.74. The van der Waals surface area contributed by atoms with E-state index in [1.807, 2.05) is 0 Å². The van der Waals surface area contributed by atoms with Gasteiger partial charge in [0, 0.05) is 6.07 Å². The fourth-order valence-corrected chi connectivity index (χ4v) is 1.75. The Hall–Kier alpha value is -2.98. The third-order valence-electron chi connectivity index (χ3n) is 2.66. The fraction of sp³-hybridized carbons (Fsp3) is 0. The lowest BCUT2D eigenvalue weighted by atomic mass is 10.0. The SMILES string of the molecule is N#CC(C#N)=Cc1ccc(-c2cc(F)cc(F)c2)cc1. The molecule has 0 fully saturated rings. The average Bonchev–Trinajstić information content (AvgIpc) is 2.44. The quantitative estimate of drug-likeness (QED) is 0.769. The van der Waals surface area contributed by atoms with Crippen LogP contribution in [0.25, 0.3) is 17.2 Å². The lowest BCUT2D eigenvalue weighted by molar-refractivity contribution is 0.584. The molecule has 0 aromatic heterocycles. The lowest BCUT2D eigenvalue weighted by Gasteiger charge is -2.03. The molecule has 2 aromatic rings. The number of hydrogen-bond acceptors (Lipinski definition) is 2. The molecular formula is C16H8F2N2. The molecule has 0 heterocycles. The van der Waals surface area contributed by atoms with Crippen molar-refractivity contribution in [2.75, 3.05) is 0 Å². The van der Waals surface area contributed by atoms with Crippen LogP contribution in [0.5, 0.6) is 0 Å². The fourth-order valence-electron chi connectivity index (χ4n) is 1.75. The van der Waals surface area contributed by atoms with Gasteiger partial charge in [-0.05, 0) is 34.9 Å². The maximum Gasteiger partial charge on any atom is 0.130 e. The predicted molar refractivity (Wildman–Crippen MR) is 71.0 cm³/mol. The van der Waals surface area contributed by atoms with Gasteiger partial charge < -0.3 is 0 Å². The van der Waals surface area contributed by atoms with E-state index in [1.165, 1.54) is 18.2 Å². The molecule has 0 unspecified atom stereocenters. The van der Waals surface area contributed by atoms with Crippen LogP contribution in [0.3, 0.4) is 0 Å². The first-order valence-electron chi connectivity index (χ1n) is 5.71. The van der Waals surface area contributed by atoms with Crippen LogP contribution in [0, 0.1) is 34.3 Å². The third-order valence-corrected chi connectivity index (χ3v) is 2.66. The molecule has 4 heteroatoms. The van der Waals surface area contributed by atoms with E-state index in [9.17, 15) is 8.78 Å². The number of allylic oxidation sites excluding steroid dienone is 1. The van der Waals surface area contributed by atoms with Crippen LogP contribution in [-0.4, -0.2) is 0 Å². The summed E-state index contributed by atoms with van der Waals surface area (Å²) < 4.78 is 26.3. The van der Waals surface area contributed by atoms with Crippen molar-refractivity contribution in [2.45, 2.75) is 0 Å². The minimum atomic E-state index is -0.639. The summed E-state index contributed by atoms with van der Waals surface area (Å²) in [5, 5.41) is 17.3. The van der Waals surface area contributed by atoms with Crippen molar-refractivity contribution in [3.8, 4) is 23.3 Å². The number of benzene rings is 2. The summed E-state index contributed by atoms with van der Waals surface area (Å²) in [6.07, 6.45) is 1.44. The lowest BCUT2D eigenvalue weighted by Crippen LogP contribution is -1.84. The largest absolute Gasteiger partial charge is 0.207 e. The Balaban J connectivity index is 2.36. The minimum Gasteiger partial charge on any atom is -0.207 e. The Morgan fingerprint density at radius 1 is 0.850 bits per heavy atom. The highest BCUT2D eigenvalue weighted by molar-refractivity contribution is 5.68. The van der Waals surface area contributed by atoms with E-state index in [-0.39, 0.29) is 5.57 Å². The van der Waals surface area contributed by atoms with Crippen molar-refractivity contribution < 1.29 is 8.78 Å². The number of halogens is 2. The van der Waals surface area contributed by atoms with Crippen molar-refractivity contribution in [3.05, 3.63) is 65.2 Å². The molecule has 2 aromatic carbocycles. The molecule has 0 saturated carbocycles. The highest BCUT2D eigenvalue weighted by Gasteiger charge is 2.03. The van der Waals surface area contributed by atoms with Gasteiger partial charge in [-0.2, -0.15) is 10.5 Å². The van der Waals surface area contributed by atoms with E-state index in [0.717, 1.165) is 6.07 Å². The zero-order valence-corrected chi connectivity index (χ0v) is 10.3. The topological polar surface area (TPSA) is 47.6 Å². The van der Waals surface area contributed by atoms with Crippen molar-refractivity contribution in [1.82, 2.24) is 0 Å². The van der Waals surface area contributed by atoms with Gasteiger partial charge in [-0.3, -0.25) is 0 Å². The van der Waals surface area contributed by atoms with Gasteiger partial charge in [0.2, 0.25) is 0 Å². The maximum absolute atomic E-state index is 13.1. The highest BCUT2D eigenvalue weighted by Crippen LogP contribution is 2.22. The second kappa shape index (κ2) is 5.77. The van der Waals surface area contributed by atoms with Gasteiger partial charge in [0.05, 0.1) is 0 Å². The molecular weight excluding hydrogens is 258 g/mol. The van der Waals surface area contributed by atoms with Crippen molar-refractivity contribution in [3.63, 3.8) is 0 Å². The van der Waals surface area contributed by atoms with Gasteiger partial charge >= 0.3 is 0 Å². The molecule has 0 amide bonds. The van der Waals surface area contributed by atoms with Crippen LogP contribution in [0.15, 0.2) is 48.0 Å². The maximum atomic E-state index is 13.1. The third kappa shape index (κ3) is 3.07. The van der Waals surface area contributed by atoms with Gasteiger partial charge in [0.1, 0.15) is 29.3 Å². The zero-order valence-electron chi connectivity index (χ0n) is 10.3. The average molecular weight is 266 g/mol. The summed E-state index contributed by atoms with van der Waals surface area (Å²) in [7, 11) is 0. The number of rotatable bonds is 2. The Kier molecular flexibility index (Phi) is 3.88. The first-order valence-corrected chi connectivity index (χ1v) is 5.71. The Bertz CT molecular complexity index is 711. The Morgan fingerprint density at radius 2 is 1.40 bits per heavy atom. The molecule has 20 heavy (non-hydrogen) atoms. The Morgan fingerprint density at radius 3 is 1.90 bits per heavy atom. The standard InChI is InChI=1S/C16H8F2N2/c17-15-6-14(7-16(18)8-15)13-3-1-11(2-4-13)5-12(9-19)10-20/h1-8H. The molecule has 0 aliphatic carbocycles. The van der Waals surface area contributed by atoms with Gasteiger partial charge in [0.25, 0.3) is 0 Å². The van der Waals surface area contributed by atoms with E-state index in [1.54, 1.807) is 36.4 Å². The van der Waals surface area contributed by atoms with Crippen LogP contribution < -0.4 is 0 Å². The second-order valence-electron chi connectivity index (χ2n) is 4.06. The molecule has 0 radical (unpaired) electrons. The van der Waals surface area contributed by atoms with Crippen molar-refractivity contribution in [2.24, 2.45) is 0 Å².